The van der Waals surface area contributed by atoms with E-state index in [2.05, 4.69) is 51.8 Å². The third-order valence-electron chi connectivity index (χ3n) is 3.11. The summed E-state index contributed by atoms with van der Waals surface area (Å²) in [5.74, 6) is 2.18. The molecule has 15 heavy (non-hydrogen) atoms. The highest BCUT2D eigenvalue weighted by atomic mass is 32.2. The molecule has 0 spiro atoms. The van der Waals surface area contributed by atoms with Crippen LogP contribution in [-0.2, 0) is 0 Å². The van der Waals surface area contributed by atoms with E-state index < -0.39 is 0 Å². The first-order valence-electron chi connectivity index (χ1n) is 6.48. The molecule has 3 atom stereocenters. The molecule has 0 aliphatic rings. The van der Waals surface area contributed by atoms with Crippen molar-refractivity contribution in [2.75, 3.05) is 12.8 Å². The summed E-state index contributed by atoms with van der Waals surface area (Å²) in [6, 6.07) is 0.703. The van der Waals surface area contributed by atoms with E-state index in [1.165, 1.54) is 31.4 Å². The van der Waals surface area contributed by atoms with Gasteiger partial charge in [0, 0.05) is 11.3 Å². The van der Waals surface area contributed by atoms with Gasteiger partial charge in [-0.1, -0.05) is 40.5 Å². The second-order valence-electron chi connectivity index (χ2n) is 4.48. The van der Waals surface area contributed by atoms with Gasteiger partial charge in [0.15, 0.2) is 0 Å². The number of hydrogen-bond donors (Lipinski definition) is 1. The van der Waals surface area contributed by atoms with Gasteiger partial charge in [0.05, 0.1) is 0 Å². The van der Waals surface area contributed by atoms with Crippen LogP contribution in [0, 0.1) is 5.92 Å². The fourth-order valence-electron chi connectivity index (χ4n) is 1.75. The normalized spacial score (nSPS) is 17.4. The first-order valence-corrected chi connectivity index (χ1v) is 7.53. The van der Waals surface area contributed by atoms with Crippen molar-refractivity contribution in [1.82, 2.24) is 5.32 Å². The highest BCUT2D eigenvalue weighted by Gasteiger charge is 2.18. The van der Waals surface area contributed by atoms with Gasteiger partial charge in [-0.15, -0.1) is 0 Å². The molecule has 0 bridgehead atoms. The second-order valence-corrected chi connectivity index (χ2v) is 5.75. The molecule has 0 aromatic carbocycles. The zero-order chi connectivity index (χ0) is 11.7. The monoisotopic (exact) mass is 231 g/mol. The molecule has 0 radical (unpaired) electrons. The van der Waals surface area contributed by atoms with Crippen molar-refractivity contribution in [2.45, 2.75) is 64.7 Å². The predicted octanol–water partition coefficient (Wildman–Crippen LogP) is 3.93. The number of thioether (sulfide) groups is 1. The SMILES string of the molecule is CCCC(NC)C(CC)SCC(C)CC. The molecule has 3 unspecified atom stereocenters. The molecule has 0 saturated heterocycles. The zero-order valence-electron chi connectivity index (χ0n) is 11.2. The molecule has 0 rings (SSSR count). The summed E-state index contributed by atoms with van der Waals surface area (Å²) >= 11 is 2.16. The Labute approximate surface area is 101 Å². The van der Waals surface area contributed by atoms with Crippen LogP contribution in [0.15, 0.2) is 0 Å². The largest absolute Gasteiger partial charge is 0.316 e. The molecular weight excluding hydrogens is 202 g/mol. The number of rotatable bonds is 9. The maximum atomic E-state index is 3.47. The molecule has 1 N–H and O–H groups in total. The maximum absolute atomic E-state index is 3.47. The second kappa shape index (κ2) is 9.53. The van der Waals surface area contributed by atoms with Crippen LogP contribution in [0.1, 0.15) is 53.4 Å². The third kappa shape index (κ3) is 6.47. The lowest BCUT2D eigenvalue weighted by Gasteiger charge is -2.26. The topological polar surface area (TPSA) is 12.0 Å². The van der Waals surface area contributed by atoms with Gasteiger partial charge in [-0.2, -0.15) is 11.8 Å². The first kappa shape index (κ1) is 15.3. The molecule has 0 saturated carbocycles. The fraction of sp³-hybridized carbons (Fsp3) is 1.00. The van der Waals surface area contributed by atoms with Crippen LogP contribution < -0.4 is 5.32 Å². The van der Waals surface area contributed by atoms with Crippen molar-refractivity contribution in [2.24, 2.45) is 5.92 Å². The van der Waals surface area contributed by atoms with Gasteiger partial charge < -0.3 is 5.32 Å². The number of hydrogen-bond acceptors (Lipinski definition) is 2. The summed E-state index contributed by atoms with van der Waals surface area (Å²) < 4.78 is 0. The Bertz CT molecular complexity index is 138. The van der Waals surface area contributed by atoms with Crippen molar-refractivity contribution in [3.8, 4) is 0 Å². The standard InChI is InChI=1S/C13H29NS/c1-6-9-12(14-5)13(8-3)15-10-11(4)7-2/h11-14H,6-10H2,1-5H3. The van der Waals surface area contributed by atoms with Crippen LogP contribution >= 0.6 is 11.8 Å². The van der Waals surface area contributed by atoms with E-state index in [-0.39, 0.29) is 0 Å². The molecule has 1 nitrogen and oxygen atoms in total. The Morgan fingerprint density at radius 1 is 1.13 bits per heavy atom. The molecule has 0 aliphatic carbocycles. The van der Waals surface area contributed by atoms with Crippen LogP contribution in [0.3, 0.4) is 0 Å². The Morgan fingerprint density at radius 2 is 1.80 bits per heavy atom. The van der Waals surface area contributed by atoms with Gasteiger partial charge >= 0.3 is 0 Å². The summed E-state index contributed by atoms with van der Waals surface area (Å²) in [7, 11) is 2.10. The van der Waals surface area contributed by atoms with E-state index in [1.807, 2.05) is 0 Å². The van der Waals surface area contributed by atoms with E-state index in [9.17, 15) is 0 Å². The summed E-state index contributed by atoms with van der Waals surface area (Å²) in [5.41, 5.74) is 0. The van der Waals surface area contributed by atoms with Crippen LogP contribution in [0.4, 0.5) is 0 Å². The minimum atomic E-state index is 0.703. The van der Waals surface area contributed by atoms with E-state index in [0.717, 1.165) is 11.2 Å². The smallest absolute Gasteiger partial charge is 0.0198 e. The molecule has 0 heterocycles. The predicted molar refractivity (Wildman–Crippen MR) is 73.7 cm³/mol. The number of nitrogens with one attached hydrogen (secondary N) is 1. The van der Waals surface area contributed by atoms with Crippen molar-refractivity contribution in [1.29, 1.82) is 0 Å². The maximum Gasteiger partial charge on any atom is 0.0198 e. The van der Waals surface area contributed by atoms with Gasteiger partial charge in [0.2, 0.25) is 0 Å². The lowest BCUT2D eigenvalue weighted by atomic mass is 10.1. The minimum absolute atomic E-state index is 0.703. The first-order chi connectivity index (χ1) is 7.19. The van der Waals surface area contributed by atoms with Crippen LogP contribution in [-0.4, -0.2) is 24.1 Å². The molecule has 92 valence electrons. The van der Waals surface area contributed by atoms with E-state index in [4.69, 9.17) is 0 Å². The van der Waals surface area contributed by atoms with E-state index in [1.54, 1.807) is 0 Å². The minimum Gasteiger partial charge on any atom is -0.316 e. The Balaban J connectivity index is 3.97. The molecule has 0 aromatic heterocycles. The molecule has 0 fully saturated rings. The summed E-state index contributed by atoms with van der Waals surface area (Å²) in [6.07, 6.45) is 5.18. The molecule has 2 heteroatoms. The van der Waals surface area contributed by atoms with Crippen molar-refractivity contribution in [3.05, 3.63) is 0 Å². The van der Waals surface area contributed by atoms with Crippen molar-refractivity contribution < 1.29 is 0 Å². The summed E-state index contributed by atoms with van der Waals surface area (Å²) in [4.78, 5) is 0. The van der Waals surface area contributed by atoms with Gasteiger partial charge in [0.1, 0.15) is 0 Å². The van der Waals surface area contributed by atoms with Crippen molar-refractivity contribution >= 4 is 11.8 Å². The lowest BCUT2D eigenvalue weighted by Crippen LogP contribution is -2.35. The summed E-state index contributed by atoms with van der Waals surface area (Å²) in [6.45, 7) is 9.23. The molecule has 0 aliphatic heterocycles. The van der Waals surface area contributed by atoms with Crippen LogP contribution in [0.2, 0.25) is 0 Å². The van der Waals surface area contributed by atoms with Crippen LogP contribution in [0.5, 0.6) is 0 Å². The zero-order valence-corrected chi connectivity index (χ0v) is 12.0. The Morgan fingerprint density at radius 3 is 2.20 bits per heavy atom. The lowest BCUT2D eigenvalue weighted by molar-refractivity contribution is 0.488. The molecule has 0 amide bonds. The van der Waals surface area contributed by atoms with Gasteiger partial charge in [-0.25, -0.2) is 0 Å². The quantitative estimate of drug-likeness (QED) is 0.645. The van der Waals surface area contributed by atoms with Gasteiger partial charge in [-0.05, 0) is 31.6 Å². The van der Waals surface area contributed by atoms with Gasteiger partial charge in [0.25, 0.3) is 0 Å². The Kier molecular flexibility index (Phi) is 9.73. The van der Waals surface area contributed by atoms with Crippen LogP contribution in [0.25, 0.3) is 0 Å². The van der Waals surface area contributed by atoms with E-state index >= 15 is 0 Å². The van der Waals surface area contributed by atoms with Crippen molar-refractivity contribution in [3.63, 3.8) is 0 Å². The van der Waals surface area contributed by atoms with E-state index in [0.29, 0.717) is 6.04 Å². The molecular formula is C13H29NS. The van der Waals surface area contributed by atoms with Gasteiger partial charge in [-0.3, -0.25) is 0 Å². The highest BCUT2D eigenvalue weighted by molar-refractivity contribution is 7.99. The average Bonchev–Trinajstić information content (AvgIpc) is 2.27. The summed E-state index contributed by atoms with van der Waals surface area (Å²) in [5, 5.41) is 4.27. The molecule has 0 aromatic rings. The Hall–Kier alpha value is 0.310. The third-order valence-corrected chi connectivity index (χ3v) is 4.96. The fourth-order valence-corrected chi connectivity index (χ4v) is 3.30. The highest BCUT2D eigenvalue weighted by Crippen LogP contribution is 2.24. The average molecular weight is 231 g/mol.